The predicted molar refractivity (Wildman–Crippen MR) is 96.6 cm³/mol. The fourth-order valence-electron chi connectivity index (χ4n) is 2.72. The molecule has 0 bridgehead atoms. The van der Waals surface area contributed by atoms with Gasteiger partial charge in [-0.1, -0.05) is 36.4 Å². The van der Waals surface area contributed by atoms with Gasteiger partial charge in [-0.05, 0) is 24.3 Å². The maximum atomic E-state index is 12.2. The molecule has 25 heavy (non-hydrogen) atoms. The van der Waals surface area contributed by atoms with Crippen LogP contribution in [0.4, 0.5) is 21.0 Å². The predicted octanol–water partition coefficient (Wildman–Crippen LogP) is 3.93. The van der Waals surface area contributed by atoms with Gasteiger partial charge in [0.25, 0.3) is 0 Å². The molecule has 3 rings (SSSR count). The van der Waals surface area contributed by atoms with Crippen LogP contribution in [0.3, 0.4) is 0 Å². The van der Waals surface area contributed by atoms with Crippen molar-refractivity contribution in [1.82, 2.24) is 4.90 Å². The molecule has 0 spiro atoms. The normalized spacial score (nSPS) is 14.6. The lowest BCUT2D eigenvalue weighted by molar-refractivity contribution is 0.0693. The van der Waals surface area contributed by atoms with Gasteiger partial charge in [-0.3, -0.25) is 5.32 Å². The summed E-state index contributed by atoms with van der Waals surface area (Å²) in [7, 11) is 0. The first-order valence-electron chi connectivity index (χ1n) is 8.34. The van der Waals surface area contributed by atoms with E-state index in [0.717, 1.165) is 5.69 Å². The molecule has 2 aromatic rings. The van der Waals surface area contributed by atoms with Crippen LogP contribution in [0, 0.1) is 0 Å². The van der Waals surface area contributed by atoms with E-state index >= 15 is 0 Å². The lowest BCUT2D eigenvalue weighted by Crippen LogP contribution is -2.43. The third-order valence-electron chi connectivity index (χ3n) is 4.05. The number of likely N-dealkylation sites (tertiary alicyclic amines) is 1. The number of hydrogen-bond acceptors (Lipinski definition) is 3. The van der Waals surface area contributed by atoms with Gasteiger partial charge in [0, 0.05) is 37.3 Å². The molecule has 6 heteroatoms. The number of amides is 3. The number of carbonyl (C=O) groups is 2. The zero-order valence-corrected chi connectivity index (χ0v) is 13.9. The lowest BCUT2D eigenvalue weighted by Gasteiger charge is -2.31. The number of carbonyl (C=O) groups excluding carboxylic acids is 2. The Morgan fingerprint density at radius 1 is 0.840 bits per heavy atom. The Hall–Kier alpha value is -3.02. The maximum Gasteiger partial charge on any atom is 0.411 e. The first-order chi connectivity index (χ1) is 12.2. The highest BCUT2D eigenvalue weighted by molar-refractivity contribution is 5.89. The van der Waals surface area contributed by atoms with Gasteiger partial charge in [-0.2, -0.15) is 0 Å². The average Bonchev–Trinajstić information content (AvgIpc) is 2.64. The van der Waals surface area contributed by atoms with E-state index in [4.69, 9.17) is 4.74 Å². The van der Waals surface area contributed by atoms with Gasteiger partial charge >= 0.3 is 12.1 Å². The number of hydrogen-bond donors (Lipinski definition) is 2. The van der Waals surface area contributed by atoms with Crippen LogP contribution >= 0.6 is 0 Å². The third-order valence-corrected chi connectivity index (χ3v) is 4.05. The molecule has 130 valence electrons. The molecule has 0 unspecified atom stereocenters. The first-order valence-corrected chi connectivity index (χ1v) is 8.34. The number of nitrogens with zero attached hydrogens (tertiary/aromatic N) is 1. The molecule has 6 nitrogen and oxygen atoms in total. The summed E-state index contributed by atoms with van der Waals surface area (Å²) in [4.78, 5) is 25.9. The van der Waals surface area contributed by atoms with Crippen molar-refractivity contribution in [1.29, 1.82) is 0 Å². The summed E-state index contributed by atoms with van der Waals surface area (Å²) in [6, 6.07) is 18.4. The third kappa shape index (κ3) is 4.97. The van der Waals surface area contributed by atoms with Crippen LogP contribution in [0.15, 0.2) is 60.7 Å². The van der Waals surface area contributed by atoms with E-state index < -0.39 is 6.09 Å². The first kappa shape index (κ1) is 16.8. The van der Waals surface area contributed by atoms with Gasteiger partial charge in [-0.15, -0.1) is 0 Å². The Balaban J connectivity index is 1.42. The molecular formula is C19H21N3O3. The Kier molecular flexibility index (Phi) is 5.51. The maximum absolute atomic E-state index is 12.2. The van der Waals surface area contributed by atoms with Crippen LogP contribution in [0.1, 0.15) is 12.8 Å². The van der Waals surface area contributed by atoms with E-state index in [1.54, 1.807) is 17.0 Å². The molecule has 3 amide bonds. The van der Waals surface area contributed by atoms with Gasteiger partial charge in [0.15, 0.2) is 0 Å². The van der Waals surface area contributed by atoms with Crippen LogP contribution in [-0.2, 0) is 4.74 Å². The number of rotatable bonds is 3. The SMILES string of the molecule is O=C(Nc1ccccc1)OC1CCN(C(=O)Nc2ccccc2)CC1. The molecule has 0 aliphatic carbocycles. The topological polar surface area (TPSA) is 70.7 Å². The smallest absolute Gasteiger partial charge is 0.411 e. The molecule has 1 aliphatic rings. The molecule has 0 aromatic heterocycles. The van der Waals surface area contributed by atoms with Gasteiger partial charge in [-0.25, -0.2) is 9.59 Å². The summed E-state index contributed by atoms with van der Waals surface area (Å²) in [5.41, 5.74) is 1.47. The van der Waals surface area contributed by atoms with E-state index in [0.29, 0.717) is 31.6 Å². The second-order valence-corrected chi connectivity index (χ2v) is 5.88. The van der Waals surface area contributed by atoms with Crippen LogP contribution in [0.2, 0.25) is 0 Å². The van der Waals surface area contributed by atoms with E-state index in [2.05, 4.69) is 10.6 Å². The highest BCUT2D eigenvalue weighted by Crippen LogP contribution is 2.16. The highest BCUT2D eigenvalue weighted by Gasteiger charge is 2.25. The summed E-state index contributed by atoms with van der Waals surface area (Å²) in [6.07, 6.45) is 0.623. The molecule has 0 atom stereocenters. The Labute approximate surface area is 146 Å². The molecule has 0 saturated carbocycles. The second-order valence-electron chi connectivity index (χ2n) is 5.88. The summed E-state index contributed by atoms with van der Waals surface area (Å²) >= 11 is 0. The fourth-order valence-corrected chi connectivity index (χ4v) is 2.72. The molecule has 2 N–H and O–H groups in total. The zero-order valence-electron chi connectivity index (χ0n) is 13.9. The summed E-state index contributed by atoms with van der Waals surface area (Å²) in [6.45, 7) is 1.11. The van der Waals surface area contributed by atoms with Gasteiger partial charge in [0.05, 0.1) is 0 Å². The Morgan fingerprint density at radius 3 is 1.92 bits per heavy atom. The van der Waals surface area contributed by atoms with E-state index in [1.807, 2.05) is 48.5 Å². The van der Waals surface area contributed by atoms with Crippen LogP contribution < -0.4 is 10.6 Å². The van der Waals surface area contributed by atoms with Crippen LogP contribution in [0.5, 0.6) is 0 Å². The van der Waals surface area contributed by atoms with Crippen molar-refractivity contribution in [3.8, 4) is 0 Å². The van der Waals surface area contributed by atoms with Gasteiger partial charge in [0.1, 0.15) is 6.10 Å². The highest BCUT2D eigenvalue weighted by atomic mass is 16.6. The van der Waals surface area contributed by atoms with Crippen molar-refractivity contribution >= 4 is 23.5 Å². The quantitative estimate of drug-likeness (QED) is 0.890. The Bertz CT molecular complexity index is 698. The second kappa shape index (κ2) is 8.19. The minimum absolute atomic E-state index is 0.126. The van der Waals surface area contributed by atoms with Gasteiger partial charge in [0.2, 0.25) is 0 Å². The van der Waals surface area contributed by atoms with Crippen molar-refractivity contribution < 1.29 is 14.3 Å². The molecule has 1 fully saturated rings. The van der Waals surface area contributed by atoms with E-state index in [9.17, 15) is 9.59 Å². The summed E-state index contributed by atoms with van der Waals surface area (Å²) < 4.78 is 5.43. The van der Waals surface area contributed by atoms with E-state index in [1.165, 1.54) is 0 Å². The number of para-hydroxylation sites is 2. The largest absolute Gasteiger partial charge is 0.446 e. The minimum atomic E-state index is -0.460. The monoisotopic (exact) mass is 339 g/mol. The van der Waals surface area contributed by atoms with Gasteiger partial charge < -0.3 is 15.0 Å². The summed E-state index contributed by atoms with van der Waals surface area (Å²) in [5.74, 6) is 0. The number of benzene rings is 2. The van der Waals surface area contributed by atoms with Crippen molar-refractivity contribution in [2.24, 2.45) is 0 Å². The van der Waals surface area contributed by atoms with Crippen LogP contribution in [-0.4, -0.2) is 36.2 Å². The molecule has 1 saturated heterocycles. The Morgan fingerprint density at radius 2 is 1.36 bits per heavy atom. The zero-order chi connectivity index (χ0) is 17.5. The number of urea groups is 1. The molecular weight excluding hydrogens is 318 g/mol. The number of ether oxygens (including phenoxy) is 1. The van der Waals surface area contributed by atoms with Crippen molar-refractivity contribution in [3.63, 3.8) is 0 Å². The average molecular weight is 339 g/mol. The minimum Gasteiger partial charge on any atom is -0.446 e. The molecule has 1 aliphatic heterocycles. The van der Waals surface area contributed by atoms with Crippen molar-refractivity contribution in [2.45, 2.75) is 18.9 Å². The number of anilines is 2. The molecule has 2 aromatic carbocycles. The molecule has 0 radical (unpaired) electrons. The fraction of sp³-hybridized carbons (Fsp3) is 0.263. The molecule has 1 heterocycles. The summed E-state index contributed by atoms with van der Waals surface area (Å²) in [5, 5.41) is 5.57. The standard InChI is InChI=1S/C19H21N3O3/c23-18(20-15-7-3-1-4-8-15)22-13-11-17(12-14-22)25-19(24)21-16-9-5-2-6-10-16/h1-10,17H,11-14H2,(H,20,23)(H,21,24). The number of nitrogens with one attached hydrogen (secondary N) is 2. The van der Waals surface area contributed by atoms with Crippen molar-refractivity contribution in [2.75, 3.05) is 23.7 Å². The number of piperidine rings is 1. The van der Waals surface area contributed by atoms with Crippen LogP contribution in [0.25, 0.3) is 0 Å². The van der Waals surface area contributed by atoms with Crippen molar-refractivity contribution in [3.05, 3.63) is 60.7 Å². The lowest BCUT2D eigenvalue weighted by atomic mass is 10.1. The van der Waals surface area contributed by atoms with E-state index in [-0.39, 0.29) is 12.1 Å².